The van der Waals surface area contributed by atoms with Gasteiger partial charge in [0.25, 0.3) is 5.82 Å². The van der Waals surface area contributed by atoms with Crippen LogP contribution in [0.5, 0.6) is 0 Å². The fourth-order valence-corrected chi connectivity index (χ4v) is 2.14. The number of nitrogens with zero attached hydrogens (tertiary/aromatic N) is 3. The number of rotatable bonds is 4. The monoisotopic (exact) mass is 274 g/mol. The Bertz CT molecular complexity index is 607. The third-order valence-corrected chi connectivity index (χ3v) is 3.04. The molecule has 0 fully saturated rings. The molecule has 0 aliphatic carbocycles. The molecule has 0 radical (unpaired) electrons. The molecule has 1 heterocycles. The maximum absolute atomic E-state index is 11.4. The second kappa shape index (κ2) is 5.83. The largest absolute Gasteiger partial charge is 0.463 e. The van der Waals surface area contributed by atoms with Crippen LogP contribution in [0.1, 0.15) is 34.7 Å². The van der Waals surface area contributed by atoms with Crippen LogP contribution in [0, 0.1) is 6.92 Å². The second-order valence-corrected chi connectivity index (χ2v) is 4.76. The van der Waals surface area contributed by atoms with Crippen molar-refractivity contribution in [2.75, 3.05) is 7.11 Å². The molecule has 6 nitrogen and oxygen atoms in total. The van der Waals surface area contributed by atoms with E-state index < -0.39 is 5.97 Å². The lowest BCUT2D eigenvalue weighted by molar-refractivity contribution is 0.0586. The highest BCUT2D eigenvalue weighted by atomic mass is 16.5. The maximum Gasteiger partial charge on any atom is 0.377 e. The molecule has 2 unspecified atom stereocenters. The summed E-state index contributed by atoms with van der Waals surface area (Å²) in [6.45, 7) is 3.91. The molecular weight excluding hydrogens is 256 g/mol. The van der Waals surface area contributed by atoms with Crippen LogP contribution in [0.4, 0.5) is 0 Å². The number of hydrogen-bond acceptors (Lipinski definition) is 5. The van der Waals surface area contributed by atoms with Crippen molar-refractivity contribution in [2.45, 2.75) is 25.9 Å². The Morgan fingerprint density at radius 2 is 2.20 bits per heavy atom. The van der Waals surface area contributed by atoms with Gasteiger partial charge in [0, 0.05) is 6.04 Å². The average molecular weight is 274 g/mol. The molecule has 0 aliphatic heterocycles. The molecule has 0 saturated carbocycles. The smallest absolute Gasteiger partial charge is 0.377 e. The molecule has 0 saturated heterocycles. The highest BCUT2D eigenvalue weighted by Gasteiger charge is 2.22. The van der Waals surface area contributed by atoms with Gasteiger partial charge in [-0.1, -0.05) is 29.8 Å². The van der Waals surface area contributed by atoms with Crippen LogP contribution in [-0.2, 0) is 4.74 Å². The van der Waals surface area contributed by atoms with Crippen molar-refractivity contribution in [3.8, 4) is 0 Å². The zero-order chi connectivity index (χ0) is 14.7. The molecule has 0 amide bonds. The minimum absolute atomic E-state index is 0.0332. The summed E-state index contributed by atoms with van der Waals surface area (Å²) in [6.07, 6.45) is 1.50. The molecule has 1 aromatic carbocycles. The van der Waals surface area contributed by atoms with E-state index in [2.05, 4.69) is 14.8 Å². The Hall–Kier alpha value is -2.21. The van der Waals surface area contributed by atoms with Crippen LogP contribution in [0.3, 0.4) is 0 Å². The second-order valence-electron chi connectivity index (χ2n) is 4.76. The third kappa shape index (κ3) is 2.85. The summed E-state index contributed by atoms with van der Waals surface area (Å²) >= 11 is 0. The number of hydrogen-bond donors (Lipinski definition) is 1. The van der Waals surface area contributed by atoms with Gasteiger partial charge in [-0.2, -0.15) is 0 Å². The summed E-state index contributed by atoms with van der Waals surface area (Å²) in [6, 6.07) is 7.67. The van der Waals surface area contributed by atoms with Gasteiger partial charge in [-0.15, -0.1) is 5.10 Å². The quantitative estimate of drug-likeness (QED) is 0.850. The van der Waals surface area contributed by atoms with Gasteiger partial charge in [0.2, 0.25) is 0 Å². The minimum atomic E-state index is -0.559. The molecule has 0 bridgehead atoms. The number of aromatic nitrogens is 3. The van der Waals surface area contributed by atoms with Crippen molar-refractivity contribution in [3.63, 3.8) is 0 Å². The van der Waals surface area contributed by atoms with E-state index in [1.54, 1.807) is 4.68 Å². The Kier molecular flexibility index (Phi) is 4.14. The van der Waals surface area contributed by atoms with E-state index in [-0.39, 0.29) is 17.9 Å². The third-order valence-electron chi connectivity index (χ3n) is 3.04. The van der Waals surface area contributed by atoms with Gasteiger partial charge in [0.05, 0.1) is 13.2 Å². The number of esters is 1. The predicted molar refractivity (Wildman–Crippen MR) is 74.3 cm³/mol. The summed E-state index contributed by atoms with van der Waals surface area (Å²) in [5.41, 5.74) is 8.23. The summed E-state index contributed by atoms with van der Waals surface area (Å²) in [4.78, 5) is 15.4. The van der Waals surface area contributed by atoms with Gasteiger partial charge in [-0.05, 0) is 19.4 Å². The van der Waals surface area contributed by atoms with Crippen molar-refractivity contribution in [2.24, 2.45) is 5.73 Å². The number of nitrogens with two attached hydrogens (primary N) is 1. The molecular formula is C14H18N4O2. The van der Waals surface area contributed by atoms with Crippen molar-refractivity contribution < 1.29 is 9.53 Å². The minimum Gasteiger partial charge on any atom is -0.463 e. The lowest BCUT2D eigenvalue weighted by Crippen LogP contribution is -2.30. The maximum atomic E-state index is 11.4. The molecule has 106 valence electrons. The van der Waals surface area contributed by atoms with Crippen LogP contribution in [0.2, 0.25) is 0 Å². The fourth-order valence-electron chi connectivity index (χ4n) is 2.14. The SMILES string of the molecule is COC(=O)c1ncn(C(c2cccc(C)c2)C(C)N)n1. The number of ether oxygens (including phenoxy) is 1. The molecule has 6 heteroatoms. The van der Waals surface area contributed by atoms with Crippen molar-refractivity contribution in [3.05, 3.63) is 47.5 Å². The summed E-state index contributed by atoms with van der Waals surface area (Å²) < 4.78 is 6.21. The summed E-state index contributed by atoms with van der Waals surface area (Å²) in [5, 5.41) is 4.16. The number of carbonyl (C=O) groups is 1. The van der Waals surface area contributed by atoms with Crippen molar-refractivity contribution in [1.29, 1.82) is 0 Å². The van der Waals surface area contributed by atoms with Gasteiger partial charge in [-0.3, -0.25) is 0 Å². The van der Waals surface area contributed by atoms with Gasteiger partial charge in [0.1, 0.15) is 6.33 Å². The first-order chi connectivity index (χ1) is 9.52. The number of aryl methyl sites for hydroxylation is 1. The standard InChI is InChI=1S/C14H18N4O2/c1-9-5-4-6-11(7-9)12(10(2)15)18-8-16-13(17-18)14(19)20-3/h4-8,10,12H,15H2,1-3H3. The van der Waals surface area contributed by atoms with E-state index in [0.717, 1.165) is 11.1 Å². The van der Waals surface area contributed by atoms with Crippen molar-refractivity contribution >= 4 is 5.97 Å². The van der Waals surface area contributed by atoms with E-state index in [4.69, 9.17) is 5.73 Å². The Balaban J connectivity index is 2.39. The lowest BCUT2D eigenvalue weighted by atomic mass is 10.00. The molecule has 0 aliphatic rings. The molecule has 2 aromatic rings. The molecule has 2 rings (SSSR count). The summed E-state index contributed by atoms with van der Waals surface area (Å²) in [7, 11) is 1.30. The predicted octanol–water partition coefficient (Wildman–Crippen LogP) is 1.31. The molecule has 2 N–H and O–H groups in total. The topological polar surface area (TPSA) is 83.0 Å². The number of methoxy groups -OCH3 is 1. The van der Waals surface area contributed by atoms with E-state index in [1.807, 2.05) is 38.1 Å². The van der Waals surface area contributed by atoms with Gasteiger partial charge in [-0.25, -0.2) is 14.5 Å². The Morgan fingerprint density at radius 3 is 2.80 bits per heavy atom. The number of carbonyl (C=O) groups excluding carboxylic acids is 1. The van der Waals surface area contributed by atoms with Gasteiger partial charge >= 0.3 is 5.97 Å². The molecule has 20 heavy (non-hydrogen) atoms. The van der Waals surface area contributed by atoms with Crippen LogP contribution >= 0.6 is 0 Å². The molecule has 2 atom stereocenters. The number of benzene rings is 1. The van der Waals surface area contributed by atoms with Crippen LogP contribution in [0.25, 0.3) is 0 Å². The van der Waals surface area contributed by atoms with Crippen LogP contribution in [0.15, 0.2) is 30.6 Å². The molecule has 0 spiro atoms. The lowest BCUT2D eigenvalue weighted by Gasteiger charge is -2.21. The Labute approximate surface area is 117 Å². The van der Waals surface area contributed by atoms with E-state index in [1.165, 1.54) is 13.4 Å². The van der Waals surface area contributed by atoms with Crippen molar-refractivity contribution in [1.82, 2.24) is 14.8 Å². The fraction of sp³-hybridized carbons (Fsp3) is 0.357. The summed E-state index contributed by atoms with van der Waals surface area (Å²) in [5.74, 6) is -0.526. The van der Waals surface area contributed by atoms with E-state index in [9.17, 15) is 4.79 Å². The van der Waals surface area contributed by atoms with E-state index >= 15 is 0 Å². The van der Waals surface area contributed by atoms with Crippen LogP contribution < -0.4 is 5.73 Å². The van der Waals surface area contributed by atoms with E-state index in [0.29, 0.717) is 0 Å². The Morgan fingerprint density at radius 1 is 1.45 bits per heavy atom. The average Bonchev–Trinajstić information content (AvgIpc) is 2.87. The van der Waals surface area contributed by atoms with Gasteiger partial charge < -0.3 is 10.5 Å². The highest BCUT2D eigenvalue weighted by molar-refractivity contribution is 5.84. The first-order valence-corrected chi connectivity index (χ1v) is 6.34. The zero-order valence-corrected chi connectivity index (χ0v) is 11.8. The zero-order valence-electron chi connectivity index (χ0n) is 11.8. The first kappa shape index (κ1) is 14.2. The first-order valence-electron chi connectivity index (χ1n) is 6.34. The normalized spacial score (nSPS) is 13.8. The highest BCUT2D eigenvalue weighted by Crippen LogP contribution is 2.21. The van der Waals surface area contributed by atoms with Crippen LogP contribution in [-0.4, -0.2) is 33.9 Å². The van der Waals surface area contributed by atoms with Gasteiger partial charge in [0.15, 0.2) is 0 Å². The molecule has 1 aromatic heterocycles.